The molecule has 0 saturated heterocycles. The van der Waals surface area contributed by atoms with E-state index in [1.165, 1.54) is 12.1 Å². The fraction of sp³-hybridized carbons (Fsp3) is 0.333. The molecule has 0 atom stereocenters. The summed E-state index contributed by atoms with van der Waals surface area (Å²) in [7, 11) is 0. The van der Waals surface area contributed by atoms with Gasteiger partial charge in [-0.05, 0) is 51.0 Å². The minimum absolute atomic E-state index is 0.0633. The lowest BCUT2D eigenvalue weighted by Crippen LogP contribution is -2.34. The van der Waals surface area contributed by atoms with Gasteiger partial charge in [0, 0.05) is 29.6 Å². The van der Waals surface area contributed by atoms with E-state index in [0.29, 0.717) is 22.9 Å². The number of carbonyl (C=O) groups is 1. The van der Waals surface area contributed by atoms with Crippen LogP contribution in [0.2, 0.25) is 0 Å². The molecular weight excluding hydrogens is 357 g/mol. The molecule has 0 unspecified atom stereocenters. The largest absolute Gasteiger partial charge is 0.367 e. The Morgan fingerprint density at radius 3 is 2.79 bits per heavy atom. The van der Waals surface area contributed by atoms with Crippen molar-refractivity contribution in [1.29, 1.82) is 0 Å². The minimum Gasteiger partial charge on any atom is -0.367 e. The maximum Gasteiger partial charge on any atom is 0.237 e. The predicted octanol–water partition coefficient (Wildman–Crippen LogP) is 3.75. The topological polar surface area (TPSA) is 79.8 Å². The highest BCUT2D eigenvalue weighted by Gasteiger charge is 2.42. The molecule has 142 valence electrons. The second kappa shape index (κ2) is 5.95. The standard InChI is InChI=1S/C21H20FN5O/c1-21(2)18-19(27-20(21)28)26-16(10-23-18)12-7-14(8-12)24-17-6-4-11-3-5-13(22)9-15(11)25-17/h3-6,9-10,12,14H,7-8H2,1-2H3,(H,24,25)(H,26,27,28)/t12-,14-. The molecule has 1 amide bonds. The van der Waals surface area contributed by atoms with Gasteiger partial charge in [-0.15, -0.1) is 0 Å². The number of nitrogens with zero attached hydrogens (tertiary/aromatic N) is 3. The molecule has 1 aliphatic heterocycles. The van der Waals surface area contributed by atoms with Crippen molar-refractivity contribution in [1.82, 2.24) is 15.0 Å². The van der Waals surface area contributed by atoms with E-state index in [9.17, 15) is 9.18 Å². The van der Waals surface area contributed by atoms with Crippen LogP contribution in [-0.4, -0.2) is 26.9 Å². The third-order valence-electron chi connectivity index (χ3n) is 5.75. The van der Waals surface area contributed by atoms with E-state index >= 15 is 0 Å². The van der Waals surface area contributed by atoms with E-state index in [-0.39, 0.29) is 17.8 Å². The summed E-state index contributed by atoms with van der Waals surface area (Å²) in [4.78, 5) is 25.7. The molecule has 1 aromatic carbocycles. The summed E-state index contributed by atoms with van der Waals surface area (Å²) < 4.78 is 13.4. The van der Waals surface area contributed by atoms with Gasteiger partial charge in [-0.1, -0.05) is 0 Å². The van der Waals surface area contributed by atoms with Gasteiger partial charge >= 0.3 is 0 Å². The Morgan fingerprint density at radius 2 is 1.96 bits per heavy atom. The Labute approximate surface area is 161 Å². The van der Waals surface area contributed by atoms with Gasteiger partial charge in [0.2, 0.25) is 5.91 Å². The van der Waals surface area contributed by atoms with E-state index in [0.717, 1.165) is 29.7 Å². The SMILES string of the molecule is CC1(C)C(=O)Nc2nc([C@H]3C[C@H](Nc4ccc5ccc(F)cc5n4)C3)cnc21. The van der Waals surface area contributed by atoms with Crippen molar-refractivity contribution in [2.75, 3.05) is 10.6 Å². The minimum atomic E-state index is -0.633. The molecule has 3 heterocycles. The first-order valence-electron chi connectivity index (χ1n) is 9.42. The fourth-order valence-electron chi connectivity index (χ4n) is 3.87. The van der Waals surface area contributed by atoms with Crippen molar-refractivity contribution in [2.45, 2.75) is 44.1 Å². The first-order valence-corrected chi connectivity index (χ1v) is 9.42. The number of carbonyl (C=O) groups excluding carboxylic acids is 1. The van der Waals surface area contributed by atoms with Crippen LogP contribution in [0.5, 0.6) is 0 Å². The van der Waals surface area contributed by atoms with E-state index in [1.807, 2.05) is 26.0 Å². The zero-order chi connectivity index (χ0) is 19.5. The molecule has 1 fully saturated rings. The van der Waals surface area contributed by atoms with Gasteiger partial charge in [-0.2, -0.15) is 0 Å². The molecule has 5 rings (SSSR count). The van der Waals surface area contributed by atoms with Crippen LogP contribution in [0.15, 0.2) is 36.5 Å². The summed E-state index contributed by atoms with van der Waals surface area (Å²) in [6.45, 7) is 3.71. The van der Waals surface area contributed by atoms with Crippen LogP contribution in [0.3, 0.4) is 0 Å². The third kappa shape index (κ3) is 2.69. The number of hydrogen-bond acceptors (Lipinski definition) is 5. The Balaban J connectivity index is 1.27. The van der Waals surface area contributed by atoms with E-state index in [2.05, 4.69) is 25.6 Å². The highest BCUT2D eigenvalue weighted by Crippen LogP contribution is 2.40. The van der Waals surface area contributed by atoms with Crippen LogP contribution in [-0.2, 0) is 10.2 Å². The zero-order valence-electron chi connectivity index (χ0n) is 15.7. The van der Waals surface area contributed by atoms with Gasteiger partial charge in [-0.25, -0.2) is 14.4 Å². The Kier molecular flexibility index (Phi) is 3.62. The number of nitrogens with one attached hydrogen (secondary N) is 2. The van der Waals surface area contributed by atoms with Crippen LogP contribution in [0.25, 0.3) is 10.9 Å². The third-order valence-corrected chi connectivity index (χ3v) is 5.75. The second-order valence-corrected chi connectivity index (χ2v) is 8.11. The van der Waals surface area contributed by atoms with Gasteiger partial charge in [0.25, 0.3) is 0 Å². The van der Waals surface area contributed by atoms with Crippen molar-refractivity contribution in [3.8, 4) is 0 Å². The van der Waals surface area contributed by atoms with Crippen LogP contribution in [0.1, 0.15) is 44.0 Å². The number of hydrogen-bond donors (Lipinski definition) is 2. The lowest BCUT2D eigenvalue weighted by Gasteiger charge is -2.35. The van der Waals surface area contributed by atoms with Crippen LogP contribution < -0.4 is 10.6 Å². The number of rotatable bonds is 3. The summed E-state index contributed by atoms with van der Waals surface area (Å²) in [5, 5.41) is 7.16. The Hall–Kier alpha value is -3.09. The normalized spacial score (nSPS) is 22.5. The van der Waals surface area contributed by atoms with Gasteiger partial charge in [0.15, 0.2) is 5.82 Å². The maximum atomic E-state index is 13.4. The molecule has 2 aromatic heterocycles. The van der Waals surface area contributed by atoms with E-state index in [4.69, 9.17) is 0 Å². The molecule has 3 aromatic rings. The summed E-state index contributed by atoms with van der Waals surface area (Å²) in [6.07, 6.45) is 3.61. The lowest BCUT2D eigenvalue weighted by atomic mass is 9.78. The quantitative estimate of drug-likeness (QED) is 0.727. The highest BCUT2D eigenvalue weighted by molar-refractivity contribution is 6.03. The molecular formula is C21H20FN5O. The lowest BCUT2D eigenvalue weighted by molar-refractivity contribution is -0.119. The molecule has 0 radical (unpaired) electrons. The highest BCUT2D eigenvalue weighted by atomic mass is 19.1. The predicted molar refractivity (Wildman–Crippen MR) is 105 cm³/mol. The number of anilines is 2. The van der Waals surface area contributed by atoms with Gasteiger partial charge in [0.1, 0.15) is 11.6 Å². The Morgan fingerprint density at radius 1 is 1.18 bits per heavy atom. The number of fused-ring (bicyclic) bond motifs is 2. The average molecular weight is 377 g/mol. The smallest absolute Gasteiger partial charge is 0.237 e. The number of aromatic nitrogens is 3. The monoisotopic (exact) mass is 377 g/mol. The molecule has 7 heteroatoms. The first kappa shape index (κ1) is 17.0. The maximum absolute atomic E-state index is 13.4. The second-order valence-electron chi connectivity index (χ2n) is 8.11. The summed E-state index contributed by atoms with van der Waals surface area (Å²) >= 11 is 0. The van der Waals surface area contributed by atoms with Crippen molar-refractivity contribution in [3.63, 3.8) is 0 Å². The van der Waals surface area contributed by atoms with Gasteiger partial charge in [0.05, 0.1) is 22.3 Å². The Bertz CT molecular complexity index is 1110. The van der Waals surface area contributed by atoms with Crippen molar-refractivity contribution >= 4 is 28.4 Å². The van der Waals surface area contributed by atoms with Crippen LogP contribution >= 0.6 is 0 Å². The molecule has 2 aliphatic rings. The summed E-state index contributed by atoms with van der Waals surface area (Å²) in [5.74, 6) is 1.28. The van der Waals surface area contributed by atoms with Gasteiger partial charge in [-0.3, -0.25) is 9.78 Å². The van der Waals surface area contributed by atoms with Crippen molar-refractivity contribution in [3.05, 3.63) is 53.7 Å². The van der Waals surface area contributed by atoms with Crippen LogP contribution in [0, 0.1) is 5.82 Å². The molecule has 2 N–H and O–H groups in total. The molecule has 6 nitrogen and oxygen atoms in total. The van der Waals surface area contributed by atoms with Crippen molar-refractivity contribution in [2.24, 2.45) is 0 Å². The molecule has 0 spiro atoms. The number of benzene rings is 1. The first-order chi connectivity index (χ1) is 13.4. The molecule has 1 saturated carbocycles. The number of pyridine rings is 1. The number of halogens is 1. The summed E-state index contributed by atoms with van der Waals surface area (Å²) in [5.41, 5.74) is 1.63. The number of amides is 1. The molecule has 0 bridgehead atoms. The van der Waals surface area contributed by atoms with Crippen molar-refractivity contribution < 1.29 is 9.18 Å². The molecule has 1 aliphatic carbocycles. The van der Waals surface area contributed by atoms with E-state index < -0.39 is 5.41 Å². The van der Waals surface area contributed by atoms with E-state index in [1.54, 1.807) is 12.3 Å². The van der Waals surface area contributed by atoms with Crippen LogP contribution in [0.4, 0.5) is 16.0 Å². The fourth-order valence-corrected chi connectivity index (χ4v) is 3.87. The average Bonchev–Trinajstić information content (AvgIpc) is 2.86. The van der Waals surface area contributed by atoms with Gasteiger partial charge < -0.3 is 10.6 Å². The molecule has 28 heavy (non-hydrogen) atoms. The summed E-state index contributed by atoms with van der Waals surface area (Å²) in [6, 6.07) is 8.75. The zero-order valence-corrected chi connectivity index (χ0v) is 15.7.